The van der Waals surface area contributed by atoms with Crippen LogP contribution in [-0.4, -0.2) is 29.5 Å². The number of methoxy groups -OCH3 is 1. The molecule has 0 fully saturated rings. The standard InChI is InChI=1S/C21H22N4O2/c1-27-19-7-4-16(5-8-19)10-12-23-21(26)20-9-6-18(15-25-20)24-14-17-3-2-11-22-13-17/h2-9,11,13,15,24H,10,12,14H2,1H3,(H,23,26). The van der Waals surface area contributed by atoms with E-state index in [1.54, 1.807) is 25.6 Å². The smallest absolute Gasteiger partial charge is 0.269 e. The number of carbonyl (C=O) groups is 1. The number of hydrogen-bond donors (Lipinski definition) is 2. The number of amides is 1. The minimum Gasteiger partial charge on any atom is -0.497 e. The molecule has 138 valence electrons. The Labute approximate surface area is 158 Å². The number of hydrogen-bond acceptors (Lipinski definition) is 5. The Bertz CT molecular complexity index is 850. The summed E-state index contributed by atoms with van der Waals surface area (Å²) in [5.41, 5.74) is 3.47. The van der Waals surface area contributed by atoms with Crippen LogP contribution in [0.2, 0.25) is 0 Å². The third-order valence-corrected chi connectivity index (χ3v) is 4.07. The normalized spacial score (nSPS) is 10.3. The summed E-state index contributed by atoms with van der Waals surface area (Å²) in [5, 5.41) is 6.15. The predicted octanol–water partition coefficient (Wildman–Crippen LogP) is 3.07. The van der Waals surface area contributed by atoms with Gasteiger partial charge in [-0.15, -0.1) is 0 Å². The topological polar surface area (TPSA) is 76.1 Å². The summed E-state index contributed by atoms with van der Waals surface area (Å²) in [4.78, 5) is 20.5. The molecule has 2 N–H and O–H groups in total. The van der Waals surface area contributed by atoms with Gasteiger partial charge in [-0.1, -0.05) is 18.2 Å². The van der Waals surface area contributed by atoms with Crippen molar-refractivity contribution in [1.29, 1.82) is 0 Å². The van der Waals surface area contributed by atoms with Gasteiger partial charge in [0.1, 0.15) is 11.4 Å². The first-order chi connectivity index (χ1) is 13.2. The molecule has 27 heavy (non-hydrogen) atoms. The van der Waals surface area contributed by atoms with Crippen LogP contribution < -0.4 is 15.4 Å². The number of nitrogens with zero attached hydrogens (tertiary/aromatic N) is 2. The van der Waals surface area contributed by atoms with E-state index in [0.717, 1.165) is 29.0 Å². The van der Waals surface area contributed by atoms with Crippen LogP contribution in [0.5, 0.6) is 5.75 Å². The minimum absolute atomic E-state index is 0.178. The van der Waals surface area contributed by atoms with Crippen LogP contribution >= 0.6 is 0 Å². The number of benzene rings is 1. The summed E-state index contributed by atoms with van der Waals surface area (Å²) in [6.45, 7) is 1.21. The van der Waals surface area contributed by atoms with Crippen molar-refractivity contribution in [2.24, 2.45) is 0 Å². The Morgan fingerprint density at radius 3 is 2.56 bits per heavy atom. The summed E-state index contributed by atoms with van der Waals surface area (Å²) in [6, 6.07) is 15.3. The molecule has 3 aromatic rings. The maximum absolute atomic E-state index is 12.2. The third-order valence-electron chi connectivity index (χ3n) is 4.07. The lowest BCUT2D eigenvalue weighted by Gasteiger charge is -2.08. The van der Waals surface area contributed by atoms with E-state index in [2.05, 4.69) is 20.6 Å². The molecular weight excluding hydrogens is 340 g/mol. The lowest BCUT2D eigenvalue weighted by Crippen LogP contribution is -2.26. The third kappa shape index (κ3) is 5.54. The van der Waals surface area contributed by atoms with Gasteiger partial charge in [0.15, 0.2) is 0 Å². The van der Waals surface area contributed by atoms with Gasteiger partial charge in [-0.25, -0.2) is 4.98 Å². The van der Waals surface area contributed by atoms with E-state index in [-0.39, 0.29) is 5.91 Å². The molecule has 1 amide bonds. The SMILES string of the molecule is COc1ccc(CCNC(=O)c2ccc(NCc3cccnc3)cn2)cc1. The van der Waals surface area contributed by atoms with Crippen LogP contribution in [0.4, 0.5) is 5.69 Å². The van der Waals surface area contributed by atoms with Crippen molar-refractivity contribution >= 4 is 11.6 Å². The van der Waals surface area contributed by atoms with E-state index in [1.165, 1.54) is 0 Å². The highest BCUT2D eigenvalue weighted by molar-refractivity contribution is 5.92. The van der Waals surface area contributed by atoms with E-state index in [9.17, 15) is 4.79 Å². The molecule has 0 atom stereocenters. The number of rotatable bonds is 8. The molecule has 0 spiro atoms. The summed E-state index contributed by atoms with van der Waals surface area (Å²) < 4.78 is 5.14. The highest BCUT2D eigenvalue weighted by Crippen LogP contribution is 2.11. The number of pyridine rings is 2. The molecule has 2 aromatic heterocycles. The van der Waals surface area contributed by atoms with Crippen LogP contribution in [0, 0.1) is 0 Å². The fourth-order valence-electron chi connectivity index (χ4n) is 2.54. The van der Waals surface area contributed by atoms with Crippen molar-refractivity contribution in [3.05, 3.63) is 83.9 Å². The van der Waals surface area contributed by atoms with Gasteiger partial charge in [0, 0.05) is 25.5 Å². The molecule has 0 aliphatic carbocycles. The monoisotopic (exact) mass is 362 g/mol. The second-order valence-corrected chi connectivity index (χ2v) is 6.00. The first kappa shape index (κ1) is 18.4. The van der Waals surface area contributed by atoms with Gasteiger partial charge in [-0.3, -0.25) is 9.78 Å². The van der Waals surface area contributed by atoms with Gasteiger partial charge in [-0.2, -0.15) is 0 Å². The molecule has 3 rings (SSSR count). The minimum atomic E-state index is -0.178. The first-order valence-electron chi connectivity index (χ1n) is 8.74. The van der Waals surface area contributed by atoms with Gasteiger partial charge < -0.3 is 15.4 Å². The van der Waals surface area contributed by atoms with Gasteiger partial charge in [0.2, 0.25) is 0 Å². The number of carbonyl (C=O) groups excluding carboxylic acids is 1. The molecule has 0 aliphatic rings. The van der Waals surface area contributed by atoms with Crippen LogP contribution in [0.1, 0.15) is 21.6 Å². The zero-order chi connectivity index (χ0) is 18.9. The summed E-state index contributed by atoms with van der Waals surface area (Å²) >= 11 is 0. The Morgan fingerprint density at radius 1 is 1.04 bits per heavy atom. The van der Waals surface area contributed by atoms with Gasteiger partial charge in [0.25, 0.3) is 5.91 Å². The first-order valence-corrected chi connectivity index (χ1v) is 8.74. The Morgan fingerprint density at radius 2 is 1.89 bits per heavy atom. The maximum atomic E-state index is 12.2. The number of ether oxygens (including phenoxy) is 1. The van der Waals surface area contributed by atoms with Crippen molar-refractivity contribution in [2.45, 2.75) is 13.0 Å². The molecule has 0 aliphatic heterocycles. The van der Waals surface area contributed by atoms with E-state index in [0.29, 0.717) is 18.8 Å². The summed E-state index contributed by atoms with van der Waals surface area (Å²) in [7, 11) is 1.64. The molecule has 0 saturated carbocycles. The van der Waals surface area contributed by atoms with E-state index < -0.39 is 0 Å². The molecule has 0 bridgehead atoms. The molecular formula is C21H22N4O2. The fraction of sp³-hybridized carbons (Fsp3) is 0.190. The van der Waals surface area contributed by atoms with Crippen molar-refractivity contribution in [3.63, 3.8) is 0 Å². The highest BCUT2D eigenvalue weighted by Gasteiger charge is 2.06. The second kappa shape index (κ2) is 9.33. The molecule has 0 saturated heterocycles. The van der Waals surface area contributed by atoms with Gasteiger partial charge >= 0.3 is 0 Å². The molecule has 6 heteroatoms. The van der Waals surface area contributed by atoms with E-state index >= 15 is 0 Å². The van der Waals surface area contributed by atoms with Crippen LogP contribution in [-0.2, 0) is 13.0 Å². The molecule has 2 heterocycles. The van der Waals surface area contributed by atoms with E-state index in [4.69, 9.17) is 4.74 Å². The van der Waals surface area contributed by atoms with Crippen molar-refractivity contribution in [1.82, 2.24) is 15.3 Å². The van der Waals surface area contributed by atoms with Crippen molar-refractivity contribution in [3.8, 4) is 5.75 Å². The molecule has 0 radical (unpaired) electrons. The zero-order valence-corrected chi connectivity index (χ0v) is 15.2. The zero-order valence-electron chi connectivity index (χ0n) is 15.2. The van der Waals surface area contributed by atoms with E-state index in [1.807, 2.05) is 48.7 Å². The Balaban J connectivity index is 1.45. The Kier molecular flexibility index (Phi) is 6.35. The lowest BCUT2D eigenvalue weighted by atomic mass is 10.1. The Hall–Kier alpha value is -3.41. The maximum Gasteiger partial charge on any atom is 0.269 e. The highest BCUT2D eigenvalue weighted by atomic mass is 16.5. The quantitative estimate of drug-likeness (QED) is 0.644. The van der Waals surface area contributed by atoms with Gasteiger partial charge in [0.05, 0.1) is 19.0 Å². The van der Waals surface area contributed by atoms with Crippen LogP contribution in [0.25, 0.3) is 0 Å². The van der Waals surface area contributed by atoms with Crippen LogP contribution in [0.15, 0.2) is 67.1 Å². The van der Waals surface area contributed by atoms with Gasteiger partial charge in [-0.05, 0) is 47.9 Å². The second-order valence-electron chi connectivity index (χ2n) is 6.00. The number of nitrogens with one attached hydrogen (secondary N) is 2. The number of aromatic nitrogens is 2. The summed E-state index contributed by atoms with van der Waals surface area (Å²) in [5.74, 6) is 0.645. The summed E-state index contributed by atoms with van der Waals surface area (Å²) in [6.07, 6.45) is 5.97. The van der Waals surface area contributed by atoms with Crippen molar-refractivity contribution < 1.29 is 9.53 Å². The lowest BCUT2D eigenvalue weighted by molar-refractivity contribution is 0.0949. The van der Waals surface area contributed by atoms with Crippen LogP contribution in [0.3, 0.4) is 0 Å². The number of anilines is 1. The largest absolute Gasteiger partial charge is 0.497 e. The molecule has 1 aromatic carbocycles. The average Bonchev–Trinajstić information content (AvgIpc) is 2.74. The average molecular weight is 362 g/mol. The molecule has 0 unspecified atom stereocenters. The van der Waals surface area contributed by atoms with Crippen molar-refractivity contribution in [2.75, 3.05) is 19.0 Å². The fourth-order valence-corrected chi connectivity index (χ4v) is 2.54. The molecule has 6 nitrogen and oxygen atoms in total. The predicted molar refractivity (Wildman–Crippen MR) is 105 cm³/mol.